The van der Waals surface area contributed by atoms with Crippen molar-refractivity contribution in [3.63, 3.8) is 0 Å². The predicted molar refractivity (Wildman–Crippen MR) is 59.9 cm³/mol. The molecular formula is C11H24N2O. The average molecular weight is 200 g/mol. The Morgan fingerprint density at radius 3 is 2.21 bits per heavy atom. The van der Waals surface area contributed by atoms with Crippen LogP contribution in [0, 0.1) is 5.92 Å². The molecule has 0 bridgehead atoms. The highest BCUT2D eigenvalue weighted by molar-refractivity contribution is 5.81. The van der Waals surface area contributed by atoms with Gasteiger partial charge in [-0.25, -0.2) is 0 Å². The van der Waals surface area contributed by atoms with Crippen LogP contribution in [0.3, 0.4) is 0 Å². The second-order valence-electron chi connectivity index (χ2n) is 4.52. The van der Waals surface area contributed by atoms with Crippen LogP contribution in [0.25, 0.3) is 0 Å². The molecule has 0 saturated heterocycles. The van der Waals surface area contributed by atoms with E-state index in [1.165, 1.54) is 6.42 Å². The van der Waals surface area contributed by atoms with Gasteiger partial charge in [-0.3, -0.25) is 4.79 Å². The second-order valence-corrected chi connectivity index (χ2v) is 4.52. The van der Waals surface area contributed by atoms with E-state index in [2.05, 4.69) is 19.2 Å². The van der Waals surface area contributed by atoms with E-state index in [0.717, 1.165) is 18.8 Å². The molecule has 3 heteroatoms. The molecule has 3 nitrogen and oxygen atoms in total. The Labute approximate surface area is 87.4 Å². The molecule has 0 aromatic carbocycles. The molecule has 0 aromatic heterocycles. The van der Waals surface area contributed by atoms with Crippen molar-refractivity contribution in [3.05, 3.63) is 0 Å². The van der Waals surface area contributed by atoms with Crippen molar-refractivity contribution in [1.29, 1.82) is 0 Å². The Kier molecular flexibility index (Phi) is 6.54. The molecule has 1 amide bonds. The van der Waals surface area contributed by atoms with Gasteiger partial charge in [-0.2, -0.15) is 0 Å². The highest BCUT2D eigenvalue weighted by atomic mass is 16.2. The van der Waals surface area contributed by atoms with Crippen molar-refractivity contribution in [2.24, 2.45) is 11.7 Å². The van der Waals surface area contributed by atoms with Crippen molar-refractivity contribution in [1.82, 2.24) is 5.32 Å². The fourth-order valence-electron chi connectivity index (χ4n) is 1.28. The minimum Gasteiger partial charge on any atom is -0.352 e. The van der Waals surface area contributed by atoms with Crippen LogP contribution >= 0.6 is 0 Å². The third-order valence-electron chi connectivity index (χ3n) is 2.22. The van der Waals surface area contributed by atoms with E-state index in [-0.39, 0.29) is 11.9 Å². The summed E-state index contributed by atoms with van der Waals surface area (Å²) in [5.74, 6) is 0.688. The average Bonchev–Trinajstić information content (AvgIpc) is 2.02. The van der Waals surface area contributed by atoms with Gasteiger partial charge in [0.05, 0.1) is 6.04 Å². The maximum Gasteiger partial charge on any atom is 0.236 e. The van der Waals surface area contributed by atoms with Gasteiger partial charge in [-0.1, -0.05) is 26.7 Å². The molecule has 0 fully saturated rings. The number of rotatable bonds is 6. The van der Waals surface area contributed by atoms with Crippen LogP contribution in [-0.4, -0.2) is 18.0 Å². The Morgan fingerprint density at radius 2 is 1.79 bits per heavy atom. The zero-order valence-corrected chi connectivity index (χ0v) is 9.84. The Balaban J connectivity index is 3.55. The summed E-state index contributed by atoms with van der Waals surface area (Å²) in [6.07, 6.45) is 3.42. The van der Waals surface area contributed by atoms with Gasteiger partial charge in [0.25, 0.3) is 0 Å². The highest BCUT2D eigenvalue weighted by Crippen LogP contribution is 2.08. The quantitative estimate of drug-likeness (QED) is 0.685. The molecule has 14 heavy (non-hydrogen) atoms. The summed E-state index contributed by atoms with van der Waals surface area (Å²) in [5, 5.41) is 2.89. The smallest absolute Gasteiger partial charge is 0.236 e. The molecule has 0 heterocycles. The largest absolute Gasteiger partial charge is 0.352 e. The van der Waals surface area contributed by atoms with Crippen LogP contribution in [0.4, 0.5) is 0 Å². The SMILES string of the molecule is CC(C)CCCC(C)NC(=O)[C@@H](C)N. The van der Waals surface area contributed by atoms with E-state index in [1.807, 2.05) is 6.92 Å². The molecule has 84 valence electrons. The first-order chi connectivity index (χ1) is 6.43. The molecule has 3 N–H and O–H groups in total. The maximum absolute atomic E-state index is 11.2. The van der Waals surface area contributed by atoms with Gasteiger partial charge in [0.2, 0.25) is 5.91 Å². The van der Waals surface area contributed by atoms with Gasteiger partial charge in [0.1, 0.15) is 0 Å². The van der Waals surface area contributed by atoms with Crippen molar-refractivity contribution < 1.29 is 4.79 Å². The Morgan fingerprint density at radius 1 is 1.21 bits per heavy atom. The molecule has 0 aliphatic heterocycles. The van der Waals surface area contributed by atoms with Crippen LogP contribution in [0.5, 0.6) is 0 Å². The van der Waals surface area contributed by atoms with Crippen molar-refractivity contribution in [2.75, 3.05) is 0 Å². The van der Waals surface area contributed by atoms with E-state index in [9.17, 15) is 4.79 Å². The third-order valence-corrected chi connectivity index (χ3v) is 2.22. The number of hydrogen-bond donors (Lipinski definition) is 2. The highest BCUT2D eigenvalue weighted by Gasteiger charge is 2.10. The van der Waals surface area contributed by atoms with Crippen LogP contribution in [0.15, 0.2) is 0 Å². The summed E-state index contributed by atoms with van der Waals surface area (Å²) < 4.78 is 0. The summed E-state index contributed by atoms with van der Waals surface area (Å²) in [7, 11) is 0. The number of hydrogen-bond acceptors (Lipinski definition) is 2. The first kappa shape index (κ1) is 13.4. The van der Waals surface area contributed by atoms with Gasteiger partial charge in [0.15, 0.2) is 0 Å². The molecule has 0 aliphatic rings. The minimum atomic E-state index is -0.400. The molecule has 1 unspecified atom stereocenters. The van der Waals surface area contributed by atoms with Gasteiger partial charge in [-0.15, -0.1) is 0 Å². The minimum absolute atomic E-state index is 0.0537. The van der Waals surface area contributed by atoms with Crippen molar-refractivity contribution >= 4 is 5.91 Å². The lowest BCUT2D eigenvalue weighted by Gasteiger charge is -2.15. The summed E-state index contributed by atoms with van der Waals surface area (Å²) >= 11 is 0. The molecule has 2 atom stereocenters. The van der Waals surface area contributed by atoms with Gasteiger partial charge >= 0.3 is 0 Å². The maximum atomic E-state index is 11.2. The predicted octanol–water partition coefficient (Wildman–Crippen LogP) is 1.66. The van der Waals surface area contributed by atoms with Crippen molar-refractivity contribution in [3.8, 4) is 0 Å². The summed E-state index contributed by atoms with van der Waals surface area (Å²) in [6.45, 7) is 8.16. The van der Waals surface area contributed by atoms with E-state index >= 15 is 0 Å². The number of nitrogens with two attached hydrogens (primary N) is 1. The lowest BCUT2D eigenvalue weighted by Crippen LogP contribution is -2.42. The summed E-state index contributed by atoms with van der Waals surface area (Å²) in [4.78, 5) is 11.2. The monoisotopic (exact) mass is 200 g/mol. The molecule has 0 radical (unpaired) electrons. The zero-order valence-electron chi connectivity index (χ0n) is 9.84. The summed E-state index contributed by atoms with van der Waals surface area (Å²) in [5.41, 5.74) is 5.45. The van der Waals surface area contributed by atoms with E-state index in [4.69, 9.17) is 5.73 Å². The first-order valence-corrected chi connectivity index (χ1v) is 5.49. The van der Waals surface area contributed by atoms with E-state index < -0.39 is 6.04 Å². The van der Waals surface area contributed by atoms with Gasteiger partial charge in [-0.05, 0) is 26.2 Å². The number of nitrogens with one attached hydrogen (secondary N) is 1. The summed E-state index contributed by atoms with van der Waals surface area (Å²) in [6, 6.07) is -0.158. The van der Waals surface area contributed by atoms with Crippen LogP contribution in [0.1, 0.15) is 47.0 Å². The molecule has 0 rings (SSSR count). The van der Waals surface area contributed by atoms with Crippen LogP contribution in [0.2, 0.25) is 0 Å². The van der Waals surface area contributed by atoms with Gasteiger partial charge < -0.3 is 11.1 Å². The number of amides is 1. The lowest BCUT2D eigenvalue weighted by atomic mass is 10.0. The standard InChI is InChI=1S/C11H24N2O/c1-8(2)6-5-7-9(3)13-11(14)10(4)12/h8-10H,5-7,12H2,1-4H3,(H,13,14)/t9?,10-/m1/s1. The molecule has 0 saturated carbocycles. The molecular weight excluding hydrogens is 176 g/mol. The number of carbonyl (C=O) groups excluding carboxylic acids is 1. The first-order valence-electron chi connectivity index (χ1n) is 5.49. The fourth-order valence-corrected chi connectivity index (χ4v) is 1.28. The van der Waals surface area contributed by atoms with Gasteiger partial charge in [0, 0.05) is 6.04 Å². The second kappa shape index (κ2) is 6.82. The van der Waals surface area contributed by atoms with Crippen LogP contribution in [-0.2, 0) is 4.79 Å². The number of carbonyl (C=O) groups is 1. The normalized spacial score (nSPS) is 15.3. The zero-order chi connectivity index (χ0) is 11.1. The molecule has 0 spiro atoms. The molecule has 0 aromatic rings. The fraction of sp³-hybridized carbons (Fsp3) is 0.909. The Hall–Kier alpha value is -0.570. The van der Waals surface area contributed by atoms with E-state index in [0.29, 0.717) is 0 Å². The lowest BCUT2D eigenvalue weighted by molar-refractivity contribution is -0.122. The topological polar surface area (TPSA) is 55.1 Å². The van der Waals surface area contributed by atoms with Crippen LogP contribution < -0.4 is 11.1 Å². The van der Waals surface area contributed by atoms with Crippen molar-refractivity contribution in [2.45, 2.75) is 59.0 Å². The third kappa shape index (κ3) is 6.89. The molecule has 0 aliphatic carbocycles. The van der Waals surface area contributed by atoms with E-state index in [1.54, 1.807) is 6.92 Å². The Bertz CT molecular complexity index is 167.